The number of aromatic amines is 1. The molecule has 0 saturated carbocycles. The van der Waals surface area contributed by atoms with Crippen LogP contribution in [0.2, 0.25) is 0 Å². The minimum atomic E-state index is 0.164. The van der Waals surface area contributed by atoms with E-state index in [2.05, 4.69) is 35.3 Å². The molecule has 0 unspecified atom stereocenters. The van der Waals surface area contributed by atoms with Gasteiger partial charge in [-0.3, -0.25) is 0 Å². The molecule has 0 aliphatic rings. The number of nitrogens with zero attached hydrogens (tertiary/aromatic N) is 6. The molecule has 3 heterocycles. The number of benzene rings is 1. The molecular formula is C14H13N9. The second kappa shape index (κ2) is 5.37. The Morgan fingerprint density at radius 1 is 1.13 bits per heavy atom. The summed E-state index contributed by atoms with van der Waals surface area (Å²) >= 11 is 0. The maximum absolute atomic E-state index is 5.70. The Labute approximate surface area is 130 Å². The summed E-state index contributed by atoms with van der Waals surface area (Å²) in [4.78, 5) is 19.6. The molecule has 0 aliphatic carbocycles. The lowest BCUT2D eigenvalue weighted by molar-refractivity contribution is 0.804. The maximum atomic E-state index is 5.70. The van der Waals surface area contributed by atoms with Crippen LogP contribution < -0.4 is 11.1 Å². The van der Waals surface area contributed by atoms with Crippen molar-refractivity contribution in [2.24, 2.45) is 0 Å². The SMILES string of the molecule is Nc1nc(NCc2ncnn2-c2ccccc2)c2[nH]cnc2n1. The highest BCUT2D eigenvalue weighted by Crippen LogP contribution is 2.18. The van der Waals surface area contributed by atoms with Crippen molar-refractivity contribution >= 4 is 22.9 Å². The largest absolute Gasteiger partial charge is 0.368 e. The highest BCUT2D eigenvalue weighted by atomic mass is 15.3. The standard InChI is InChI=1S/C14H13N9/c15-14-21-12(11-13(22-14)19-7-18-11)16-6-10-17-8-20-23(10)9-4-2-1-3-5-9/h1-5,7-8H,6H2,(H4,15,16,18,19,21,22). The second-order valence-corrected chi connectivity index (χ2v) is 4.81. The van der Waals surface area contributed by atoms with Crippen LogP contribution in [0.4, 0.5) is 11.8 Å². The van der Waals surface area contributed by atoms with Gasteiger partial charge in [-0.05, 0) is 12.1 Å². The smallest absolute Gasteiger partial charge is 0.224 e. The van der Waals surface area contributed by atoms with Crippen LogP contribution in [-0.2, 0) is 6.54 Å². The van der Waals surface area contributed by atoms with E-state index in [0.717, 1.165) is 11.5 Å². The number of aromatic nitrogens is 7. The van der Waals surface area contributed by atoms with Crippen molar-refractivity contribution in [3.05, 3.63) is 48.8 Å². The lowest BCUT2D eigenvalue weighted by Gasteiger charge is -2.08. The summed E-state index contributed by atoms with van der Waals surface area (Å²) in [6.45, 7) is 0.430. The van der Waals surface area contributed by atoms with Gasteiger partial charge in [-0.25, -0.2) is 14.6 Å². The Kier molecular flexibility index (Phi) is 3.08. The molecule has 0 radical (unpaired) electrons. The molecule has 114 valence electrons. The highest BCUT2D eigenvalue weighted by Gasteiger charge is 2.11. The van der Waals surface area contributed by atoms with Crippen molar-refractivity contribution in [3.63, 3.8) is 0 Å². The predicted molar refractivity (Wildman–Crippen MR) is 84.8 cm³/mol. The number of hydrogen-bond donors (Lipinski definition) is 3. The van der Waals surface area contributed by atoms with E-state index in [1.165, 1.54) is 6.33 Å². The van der Waals surface area contributed by atoms with Crippen LogP contribution in [0.15, 0.2) is 43.0 Å². The fourth-order valence-corrected chi connectivity index (χ4v) is 2.31. The van der Waals surface area contributed by atoms with Gasteiger partial charge in [0.05, 0.1) is 18.6 Å². The van der Waals surface area contributed by atoms with Gasteiger partial charge < -0.3 is 16.0 Å². The summed E-state index contributed by atoms with van der Waals surface area (Å²) < 4.78 is 1.77. The maximum Gasteiger partial charge on any atom is 0.224 e. The van der Waals surface area contributed by atoms with Crippen molar-refractivity contribution in [3.8, 4) is 5.69 Å². The lowest BCUT2D eigenvalue weighted by Crippen LogP contribution is -2.10. The molecule has 9 heteroatoms. The Balaban J connectivity index is 1.63. The van der Waals surface area contributed by atoms with Gasteiger partial charge in [-0.15, -0.1) is 0 Å². The van der Waals surface area contributed by atoms with Crippen LogP contribution in [0.5, 0.6) is 0 Å². The molecule has 0 saturated heterocycles. The molecule has 4 rings (SSSR count). The predicted octanol–water partition coefficient (Wildman–Crippen LogP) is 1.13. The summed E-state index contributed by atoms with van der Waals surface area (Å²) in [7, 11) is 0. The molecule has 4 N–H and O–H groups in total. The van der Waals surface area contributed by atoms with Crippen molar-refractivity contribution in [1.29, 1.82) is 0 Å². The van der Waals surface area contributed by atoms with Crippen LogP contribution in [0.3, 0.4) is 0 Å². The van der Waals surface area contributed by atoms with E-state index >= 15 is 0 Å². The average Bonchev–Trinajstić information content (AvgIpc) is 3.22. The van der Waals surface area contributed by atoms with E-state index in [4.69, 9.17) is 5.73 Å². The van der Waals surface area contributed by atoms with E-state index in [0.29, 0.717) is 23.5 Å². The van der Waals surface area contributed by atoms with E-state index in [9.17, 15) is 0 Å². The molecule has 1 aromatic carbocycles. The van der Waals surface area contributed by atoms with Gasteiger partial charge in [0, 0.05) is 0 Å². The first-order valence-electron chi connectivity index (χ1n) is 6.96. The summed E-state index contributed by atoms with van der Waals surface area (Å²) in [5, 5.41) is 7.46. The van der Waals surface area contributed by atoms with Gasteiger partial charge in [0.25, 0.3) is 0 Å². The third-order valence-corrected chi connectivity index (χ3v) is 3.34. The van der Waals surface area contributed by atoms with Gasteiger partial charge in [0.1, 0.15) is 11.8 Å². The first kappa shape index (κ1) is 13.2. The molecular weight excluding hydrogens is 294 g/mol. The molecule has 0 fully saturated rings. The van der Waals surface area contributed by atoms with Gasteiger partial charge in [-0.2, -0.15) is 15.1 Å². The zero-order valence-corrected chi connectivity index (χ0v) is 12.0. The zero-order valence-electron chi connectivity index (χ0n) is 12.0. The minimum Gasteiger partial charge on any atom is -0.368 e. The summed E-state index contributed by atoms with van der Waals surface area (Å²) in [5.74, 6) is 1.49. The molecule has 3 aromatic heterocycles. The van der Waals surface area contributed by atoms with Crippen LogP contribution in [-0.4, -0.2) is 34.7 Å². The normalized spacial score (nSPS) is 11.0. The van der Waals surface area contributed by atoms with E-state index < -0.39 is 0 Å². The van der Waals surface area contributed by atoms with Crippen molar-refractivity contribution in [2.45, 2.75) is 6.54 Å². The van der Waals surface area contributed by atoms with Crippen molar-refractivity contribution < 1.29 is 0 Å². The molecule has 0 spiro atoms. The number of fused-ring (bicyclic) bond motifs is 1. The number of imidazole rings is 1. The van der Waals surface area contributed by atoms with E-state index in [1.54, 1.807) is 11.0 Å². The number of nitrogen functional groups attached to an aromatic ring is 1. The second-order valence-electron chi connectivity index (χ2n) is 4.81. The Morgan fingerprint density at radius 2 is 2.00 bits per heavy atom. The minimum absolute atomic E-state index is 0.164. The van der Waals surface area contributed by atoms with Crippen LogP contribution in [0, 0.1) is 0 Å². The fraction of sp³-hybridized carbons (Fsp3) is 0.0714. The number of anilines is 2. The first-order valence-corrected chi connectivity index (χ1v) is 6.96. The third kappa shape index (κ3) is 2.44. The van der Waals surface area contributed by atoms with Gasteiger partial charge in [0.2, 0.25) is 5.95 Å². The van der Waals surface area contributed by atoms with Crippen molar-refractivity contribution in [2.75, 3.05) is 11.1 Å². The molecule has 4 aromatic rings. The number of rotatable bonds is 4. The number of H-pyrrole nitrogens is 1. The molecule has 0 atom stereocenters. The summed E-state index contributed by atoms with van der Waals surface area (Å²) in [5.41, 5.74) is 7.86. The monoisotopic (exact) mass is 307 g/mol. The number of nitrogens with two attached hydrogens (primary N) is 1. The van der Waals surface area contributed by atoms with Gasteiger partial charge in [-0.1, -0.05) is 18.2 Å². The van der Waals surface area contributed by atoms with Crippen LogP contribution in [0.1, 0.15) is 5.82 Å². The van der Waals surface area contributed by atoms with Crippen LogP contribution in [0.25, 0.3) is 16.9 Å². The molecule has 0 bridgehead atoms. The molecule has 0 amide bonds. The van der Waals surface area contributed by atoms with Gasteiger partial charge >= 0.3 is 0 Å². The first-order chi connectivity index (χ1) is 11.3. The molecule has 9 nitrogen and oxygen atoms in total. The molecule has 0 aliphatic heterocycles. The number of nitrogens with one attached hydrogen (secondary N) is 2. The summed E-state index contributed by atoms with van der Waals surface area (Å²) in [6, 6.07) is 9.79. The van der Waals surface area contributed by atoms with E-state index in [-0.39, 0.29) is 5.95 Å². The van der Waals surface area contributed by atoms with Gasteiger partial charge in [0.15, 0.2) is 17.3 Å². The number of para-hydroxylation sites is 1. The Bertz CT molecular complexity index is 941. The van der Waals surface area contributed by atoms with Crippen LogP contribution >= 0.6 is 0 Å². The van der Waals surface area contributed by atoms with Crippen molar-refractivity contribution in [1.82, 2.24) is 34.7 Å². The van der Waals surface area contributed by atoms with E-state index in [1.807, 2.05) is 30.3 Å². The average molecular weight is 307 g/mol. The lowest BCUT2D eigenvalue weighted by atomic mass is 10.3. The Morgan fingerprint density at radius 3 is 2.87 bits per heavy atom. The topological polar surface area (TPSA) is 123 Å². The summed E-state index contributed by atoms with van der Waals surface area (Å²) in [6.07, 6.45) is 3.07. The highest BCUT2D eigenvalue weighted by molar-refractivity contribution is 5.83. The third-order valence-electron chi connectivity index (χ3n) is 3.34. The fourth-order valence-electron chi connectivity index (χ4n) is 2.31. The zero-order chi connectivity index (χ0) is 15.6. The quantitative estimate of drug-likeness (QED) is 0.516. The number of hydrogen-bond acceptors (Lipinski definition) is 7. The Hall–Kier alpha value is -3.49. The molecule has 23 heavy (non-hydrogen) atoms.